The van der Waals surface area contributed by atoms with E-state index in [-0.39, 0.29) is 36.3 Å². The Morgan fingerprint density at radius 2 is 1.55 bits per heavy atom. The molecule has 1 aliphatic rings. The summed E-state index contributed by atoms with van der Waals surface area (Å²) in [5.41, 5.74) is 0.372. The van der Waals surface area contributed by atoms with E-state index in [9.17, 15) is 37.1 Å². The van der Waals surface area contributed by atoms with Crippen LogP contribution in [0.2, 0.25) is 0 Å². The van der Waals surface area contributed by atoms with Crippen molar-refractivity contribution >= 4 is 23.1 Å². The van der Waals surface area contributed by atoms with Gasteiger partial charge in [0.05, 0.1) is 17.8 Å². The molecule has 49 heavy (non-hydrogen) atoms. The van der Waals surface area contributed by atoms with Crippen molar-refractivity contribution in [3.05, 3.63) is 153 Å². The minimum Gasteiger partial charge on any atom is -0.507 e. The fourth-order valence-electron chi connectivity index (χ4n) is 5.69. The van der Waals surface area contributed by atoms with Crippen LogP contribution in [0.4, 0.5) is 23.2 Å². The molecule has 1 fully saturated rings. The first-order chi connectivity index (χ1) is 23.6. The smallest absolute Gasteiger partial charge is 0.294 e. The normalized spacial score (nSPS) is 13.5. The predicted octanol–water partition coefficient (Wildman–Crippen LogP) is 5.05. The summed E-state index contributed by atoms with van der Waals surface area (Å²) in [6.07, 6.45) is 4.96. The summed E-state index contributed by atoms with van der Waals surface area (Å²) in [7, 11) is 0. The highest BCUT2D eigenvalue weighted by Gasteiger charge is 2.26. The Bertz CT molecular complexity index is 2110. The van der Waals surface area contributed by atoms with Crippen LogP contribution in [0.15, 0.2) is 102 Å². The molecule has 0 saturated carbocycles. The molecule has 3 aromatic carbocycles. The molecule has 13 heteroatoms. The second-order valence-electron chi connectivity index (χ2n) is 11.5. The van der Waals surface area contributed by atoms with E-state index in [4.69, 9.17) is 0 Å². The lowest BCUT2D eigenvalue weighted by Gasteiger charge is -2.35. The molecule has 0 bridgehead atoms. The van der Waals surface area contributed by atoms with Gasteiger partial charge in [0.1, 0.15) is 17.4 Å². The van der Waals surface area contributed by atoms with Crippen molar-refractivity contribution < 1.29 is 32.3 Å². The number of hydrogen-bond acceptors (Lipinski definition) is 6. The second kappa shape index (κ2) is 14.0. The van der Waals surface area contributed by atoms with Crippen LogP contribution in [0.5, 0.6) is 0 Å². The average Bonchev–Trinajstić information content (AvgIpc) is 3.64. The van der Waals surface area contributed by atoms with Crippen molar-refractivity contribution in [2.24, 2.45) is 0 Å². The Kier molecular flexibility index (Phi) is 9.42. The number of benzene rings is 3. The van der Waals surface area contributed by atoms with Crippen LogP contribution in [-0.4, -0.2) is 62.2 Å². The van der Waals surface area contributed by atoms with Crippen LogP contribution in [0.3, 0.4) is 0 Å². The van der Waals surface area contributed by atoms with Crippen molar-refractivity contribution in [2.45, 2.75) is 13.0 Å². The summed E-state index contributed by atoms with van der Waals surface area (Å²) >= 11 is 0. The first-order valence-corrected chi connectivity index (χ1v) is 15.3. The third-order valence-electron chi connectivity index (χ3n) is 8.21. The number of pyridine rings is 1. The molecule has 6 rings (SSSR count). The number of rotatable bonds is 9. The molecule has 0 radical (unpaired) electrons. The van der Waals surface area contributed by atoms with Gasteiger partial charge in [-0.25, -0.2) is 22.2 Å². The van der Waals surface area contributed by atoms with Crippen LogP contribution in [0, 0.1) is 23.3 Å². The number of anilines is 1. The van der Waals surface area contributed by atoms with E-state index in [1.165, 1.54) is 29.3 Å². The number of piperazine rings is 1. The molecule has 1 saturated heterocycles. The van der Waals surface area contributed by atoms with Crippen molar-refractivity contribution in [2.75, 3.05) is 31.1 Å². The number of halogens is 4. The summed E-state index contributed by atoms with van der Waals surface area (Å²) in [5, 5.41) is 15.2. The van der Waals surface area contributed by atoms with Gasteiger partial charge in [-0.05, 0) is 59.7 Å². The van der Waals surface area contributed by atoms with Gasteiger partial charge in [-0.1, -0.05) is 18.2 Å². The zero-order valence-electron chi connectivity index (χ0n) is 25.9. The Morgan fingerprint density at radius 1 is 0.837 bits per heavy atom. The lowest BCUT2D eigenvalue weighted by molar-refractivity contribution is -0.142. The number of aliphatic hydroxyl groups excluding tert-OH is 1. The molecule has 0 unspecified atom stereocenters. The maximum Gasteiger partial charge on any atom is 0.294 e. The minimum atomic E-state index is -1.41. The number of amides is 1. The molecule has 0 spiro atoms. The van der Waals surface area contributed by atoms with E-state index >= 15 is 0 Å². The van der Waals surface area contributed by atoms with Crippen LogP contribution in [-0.2, 0) is 22.6 Å². The van der Waals surface area contributed by atoms with Crippen molar-refractivity contribution in [1.82, 2.24) is 19.2 Å². The van der Waals surface area contributed by atoms with Crippen molar-refractivity contribution in [1.29, 1.82) is 0 Å². The number of ketones is 1. The number of aliphatic hydroxyl groups is 1. The van der Waals surface area contributed by atoms with Crippen molar-refractivity contribution in [3.63, 3.8) is 0 Å². The number of carbonyl (C=O) groups is 2. The molecular weight excluding hydrogens is 642 g/mol. The molecule has 1 aliphatic heterocycles. The molecule has 1 N–H and O–H groups in total. The Morgan fingerprint density at radius 3 is 2.24 bits per heavy atom. The van der Waals surface area contributed by atoms with Gasteiger partial charge in [-0.3, -0.25) is 14.4 Å². The zero-order valence-corrected chi connectivity index (χ0v) is 25.9. The summed E-state index contributed by atoms with van der Waals surface area (Å²) in [6, 6.07) is 17.5. The molecule has 3 heterocycles. The molecule has 9 nitrogen and oxygen atoms in total. The largest absolute Gasteiger partial charge is 0.507 e. The summed E-state index contributed by atoms with van der Waals surface area (Å²) < 4.78 is 59.6. The van der Waals surface area contributed by atoms with E-state index in [1.807, 2.05) is 36.5 Å². The number of carbonyl (C=O) groups excluding carboxylic acids is 2. The standard InChI is InChI=1S/C36H29F4N5O4/c37-26-18-25(34(40)31(39)19-26)16-23-17-29(35(48)44(21-23)22-24-4-1-2-5-30(24)38)32(46)20-33(47)36(49)43-14-12-42(13-15-43)27-6-8-28(9-7-27)45-11-3-10-41-45/h1-11,17-21,46H,12-16,22H2. The average molecular weight is 672 g/mol. The van der Waals surface area contributed by atoms with E-state index < -0.39 is 58.3 Å². The van der Waals surface area contributed by atoms with Gasteiger partial charge in [-0.2, -0.15) is 5.10 Å². The molecule has 2 aromatic heterocycles. The summed E-state index contributed by atoms with van der Waals surface area (Å²) in [4.78, 5) is 42.9. The fraction of sp³-hybridized carbons (Fsp3) is 0.167. The fourth-order valence-corrected chi connectivity index (χ4v) is 5.69. The Hall–Kier alpha value is -5.98. The zero-order chi connectivity index (χ0) is 34.7. The van der Waals surface area contributed by atoms with Gasteiger partial charge in [-0.15, -0.1) is 0 Å². The lowest BCUT2D eigenvalue weighted by atomic mass is 10.0. The number of aromatic nitrogens is 3. The third-order valence-corrected chi connectivity index (χ3v) is 8.21. The molecule has 5 aromatic rings. The molecule has 250 valence electrons. The summed E-state index contributed by atoms with van der Waals surface area (Å²) in [5.74, 6) is -7.18. The second-order valence-corrected chi connectivity index (χ2v) is 11.5. The highest BCUT2D eigenvalue weighted by Crippen LogP contribution is 2.22. The summed E-state index contributed by atoms with van der Waals surface area (Å²) in [6.45, 7) is 1.01. The molecular formula is C36H29F4N5O4. The first kappa shape index (κ1) is 32.9. The quantitative estimate of drug-likeness (QED) is 0.0775. The van der Waals surface area contributed by atoms with E-state index in [2.05, 4.69) is 10.00 Å². The molecule has 1 amide bonds. The third kappa shape index (κ3) is 7.30. The minimum absolute atomic E-state index is 0.110. The monoisotopic (exact) mass is 671 g/mol. The van der Waals surface area contributed by atoms with Gasteiger partial charge in [0, 0.05) is 74.6 Å². The first-order valence-electron chi connectivity index (χ1n) is 15.3. The van der Waals surface area contributed by atoms with E-state index in [1.54, 1.807) is 16.9 Å². The van der Waals surface area contributed by atoms with Crippen molar-refractivity contribution in [3.8, 4) is 5.69 Å². The van der Waals surface area contributed by atoms with Crippen LogP contribution >= 0.6 is 0 Å². The van der Waals surface area contributed by atoms with E-state index in [0.717, 1.165) is 28.1 Å². The topological polar surface area (TPSA) is 101 Å². The van der Waals surface area contributed by atoms with Gasteiger partial charge >= 0.3 is 0 Å². The van der Waals surface area contributed by atoms with Crippen LogP contribution in [0.25, 0.3) is 11.4 Å². The van der Waals surface area contributed by atoms with Gasteiger partial charge in [0.2, 0.25) is 5.78 Å². The Labute approximate surface area is 277 Å². The van der Waals surface area contributed by atoms with E-state index in [0.29, 0.717) is 25.2 Å². The van der Waals surface area contributed by atoms with Crippen LogP contribution in [0.1, 0.15) is 22.3 Å². The van der Waals surface area contributed by atoms with Gasteiger partial charge < -0.3 is 19.5 Å². The van der Waals surface area contributed by atoms with Gasteiger partial charge in [0.15, 0.2) is 11.6 Å². The highest BCUT2D eigenvalue weighted by molar-refractivity contribution is 6.41. The van der Waals surface area contributed by atoms with Crippen LogP contribution < -0.4 is 10.5 Å². The molecule has 0 atom stereocenters. The molecule has 0 aliphatic carbocycles. The lowest BCUT2D eigenvalue weighted by Crippen LogP contribution is -2.50. The number of nitrogens with zero attached hydrogens (tertiary/aromatic N) is 5. The number of hydrogen-bond donors (Lipinski definition) is 1. The SMILES string of the molecule is O=C(C=C(O)c1cc(Cc2cc(F)cc(F)c2F)cn(Cc2ccccc2F)c1=O)C(=O)N1CCN(c2ccc(-n3cccn3)cc2)CC1. The predicted molar refractivity (Wildman–Crippen MR) is 173 cm³/mol. The Balaban J connectivity index is 1.21. The maximum atomic E-state index is 14.5. The highest BCUT2D eigenvalue weighted by atomic mass is 19.2. The maximum absolute atomic E-state index is 14.5. The van der Waals surface area contributed by atoms with Gasteiger partial charge in [0.25, 0.3) is 11.5 Å².